The lowest BCUT2D eigenvalue weighted by Gasteiger charge is -2.16. The van der Waals surface area contributed by atoms with Crippen LogP contribution < -0.4 is 10.1 Å². The molecule has 0 heterocycles. The Hall–Kier alpha value is -2.47. The van der Waals surface area contributed by atoms with Crippen LogP contribution in [-0.2, 0) is 6.54 Å². The molecule has 0 unspecified atom stereocenters. The number of anilines is 1. The molecule has 0 fully saturated rings. The highest BCUT2D eigenvalue weighted by atomic mass is 16.5. The molecular formula is C18H20N2O. The van der Waals surface area contributed by atoms with Crippen LogP contribution in [-0.4, -0.2) is 7.11 Å². The van der Waals surface area contributed by atoms with Gasteiger partial charge in [0.2, 0.25) is 0 Å². The summed E-state index contributed by atoms with van der Waals surface area (Å²) < 4.78 is 5.36. The van der Waals surface area contributed by atoms with Crippen LogP contribution in [0.25, 0.3) is 0 Å². The number of ether oxygens (including phenoxy) is 1. The molecule has 1 N–H and O–H groups in total. The summed E-state index contributed by atoms with van der Waals surface area (Å²) in [4.78, 5) is 0. The van der Waals surface area contributed by atoms with Crippen LogP contribution in [0.15, 0.2) is 42.5 Å². The summed E-state index contributed by atoms with van der Waals surface area (Å²) in [7, 11) is 1.65. The molecule has 0 amide bonds. The van der Waals surface area contributed by atoms with Gasteiger partial charge in [-0.25, -0.2) is 0 Å². The van der Waals surface area contributed by atoms with Crippen molar-refractivity contribution in [2.75, 3.05) is 12.4 Å². The summed E-state index contributed by atoms with van der Waals surface area (Å²) in [5.41, 5.74) is 4.03. The Kier molecular flexibility index (Phi) is 4.84. The first-order chi connectivity index (χ1) is 10.2. The van der Waals surface area contributed by atoms with Crippen molar-refractivity contribution in [3.05, 3.63) is 59.2 Å². The molecule has 0 saturated carbocycles. The van der Waals surface area contributed by atoms with Crippen molar-refractivity contribution in [3.63, 3.8) is 0 Å². The minimum absolute atomic E-state index is 0.459. The van der Waals surface area contributed by atoms with E-state index in [1.807, 2.05) is 18.2 Å². The van der Waals surface area contributed by atoms with E-state index in [2.05, 4.69) is 43.4 Å². The van der Waals surface area contributed by atoms with Crippen LogP contribution in [0.4, 0.5) is 5.69 Å². The van der Waals surface area contributed by atoms with E-state index in [4.69, 9.17) is 10.00 Å². The summed E-state index contributed by atoms with van der Waals surface area (Å²) in [6.45, 7) is 4.98. The van der Waals surface area contributed by atoms with E-state index in [-0.39, 0.29) is 0 Å². The standard InChI is InChI=1S/C18H20N2O/c1-13(2)16-6-4-5-7-17(16)20-12-15-10-14(11-19)8-9-18(15)21-3/h4-10,13,20H,12H2,1-3H3. The van der Waals surface area contributed by atoms with Crippen molar-refractivity contribution in [2.45, 2.75) is 26.3 Å². The molecule has 0 aliphatic carbocycles. The van der Waals surface area contributed by atoms with E-state index in [1.54, 1.807) is 13.2 Å². The van der Waals surface area contributed by atoms with E-state index in [9.17, 15) is 0 Å². The van der Waals surface area contributed by atoms with Crippen LogP contribution in [0, 0.1) is 11.3 Å². The lowest BCUT2D eigenvalue weighted by atomic mass is 10.0. The number of rotatable bonds is 5. The zero-order chi connectivity index (χ0) is 15.2. The lowest BCUT2D eigenvalue weighted by molar-refractivity contribution is 0.410. The number of hydrogen-bond donors (Lipinski definition) is 1. The Bertz CT molecular complexity index is 657. The van der Waals surface area contributed by atoms with Crippen molar-refractivity contribution in [2.24, 2.45) is 0 Å². The average Bonchev–Trinajstić information content (AvgIpc) is 2.52. The highest BCUT2D eigenvalue weighted by Gasteiger charge is 2.08. The first kappa shape index (κ1) is 14.9. The summed E-state index contributed by atoms with van der Waals surface area (Å²) in [5.74, 6) is 1.25. The van der Waals surface area contributed by atoms with Crippen molar-refractivity contribution in [1.82, 2.24) is 0 Å². The van der Waals surface area contributed by atoms with Crippen molar-refractivity contribution in [1.29, 1.82) is 5.26 Å². The number of nitrogens with one attached hydrogen (secondary N) is 1. The fraction of sp³-hybridized carbons (Fsp3) is 0.278. The van der Waals surface area contributed by atoms with Gasteiger partial charge in [0, 0.05) is 17.8 Å². The van der Waals surface area contributed by atoms with Gasteiger partial charge in [-0.2, -0.15) is 5.26 Å². The van der Waals surface area contributed by atoms with Crippen LogP contribution in [0.2, 0.25) is 0 Å². The second-order valence-corrected chi connectivity index (χ2v) is 5.23. The average molecular weight is 280 g/mol. The monoisotopic (exact) mass is 280 g/mol. The molecule has 0 radical (unpaired) electrons. The third-order valence-electron chi connectivity index (χ3n) is 3.46. The smallest absolute Gasteiger partial charge is 0.123 e. The zero-order valence-corrected chi connectivity index (χ0v) is 12.7. The Balaban J connectivity index is 2.22. The predicted molar refractivity (Wildman–Crippen MR) is 85.6 cm³/mol. The summed E-state index contributed by atoms with van der Waals surface area (Å²) in [5, 5.41) is 12.5. The fourth-order valence-electron chi connectivity index (χ4n) is 2.34. The zero-order valence-electron chi connectivity index (χ0n) is 12.7. The van der Waals surface area contributed by atoms with E-state index >= 15 is 0 Å². The van der Waals surface area contributed by atoms with Crippen molar-refractivity contribution in [3.8, 4) is 11.8 Å². The lowest BCUT2D eigenvalue weighted by Crippen LogP contribution is -2.05. The van der Waals surface area contributed by atoms with Gasteiger partial charge in [0.05, 0.1) is 18.7 Å². The summed E-state index contributed by atoms with van der Waals surface area (Å²) >= 11 is 0. The van der Waals surface area contributed by atoms with E-state index in [1.165, 1.54) is 5.56 Å². The molecule has 0 aromatic heterocycles. The Morgan fingerprint density at radius 1 is 1.19 bits per heavy atom. The van der Waals surface area contributed by atoms with Gasteiger partial charge in [-0.15, -0.1) is 0 Å². The quantitative estimate of drug-likeness (QED) is 0.888. The van der Waals surface area contributed by atoms with Gasteiger partial charge in [-0.05, 0) is 35.7 Å². The second kappa shape index (κ2) is 6.81. The van der Waals surface area contributed by atoms with Crippen LogP contribution in [0.5, 0.6) is 5.75 Å². The van der Waals surface area contributed by atoms with E-state index < -0.39 is 0 Å². The molecule has 2 rings (SSSR count). The van der Waals surface area contributed by atoms with Gasteiger partial charge < -0.3 is 10.1 Å². The second-order valence-electron chi connectivity index (χ2n) is 5.23. The number of benzene rings is 2. The molecule has 0 bridgehead atoms. The predicted octanol–water partition coefficient (Wildman–Crippen LogP) is 4.30. The molecule has 0 aliphatic rings. The van der Waals surface area contributed by atoms with Crippen LogP contribution in [0.3, 0.4) is 0 Å². The highest BCUT2D eigenvalue weighted by Crippen LogP contribution is 2.26. The minimum Gasteiger partial charge on any atom is -0.496 e. The SMILES string of the molecule is COc1ccc(C#N)cc1CNc1ccccc1C(C)C. The molecule has 21 heavy (non-hydrogen) atoms. The maximum Gasteiger partial charge on any atom is 0.123 e. The highest BCUT2D eigenvalue weighted by molar-refractivity contribution is 5.54. The minimum atomic E-state index is 0.459. The molecule has 0 spiro atoms. The molecule has 3 nitrogen and oxygen atoms in total. The van der Waals surface area contributed by atoms with Crippen molar-refractivity contribution >= 4 is 5.69 Å². The van der Waals surface area contributed by atoms with E-state index in [0.717, 1.165) is 17.0 Å². The number of hydrogen-bond acceptors (Lipinski definition) is 3. The Labute approximate surface area is 126 Å². The summed E-state index contributed by atoms with van der Waals surface area (Å²) in [6, 6.07) is 15.9. The molecule has 0 atom stereocenters. The van der Waals surface area contributed by atoms with Gasteiger partial charge >= 0.3 is 0 Å². The van der Waals surface area contributed by atoms with Gasteiger partial charge in [-0.1, -0.05) is 32.0 Å². The first-order valence-corrected chi connectivity index (χ1v) is 7.05. The Morgan fingerprint density at radius 3 is 2.62 bits per heavy atom. The number of para-hydroxylation sites is 1. The maximum atomic E-state index is 9.02. The molecule has 0 aliphatic heterocycles. The fourth-order valence-corrected chi connectivity index (χ4v) is 2.34. The van der Waals surface area contributed by atoms with Gasteiger partial charge in [0.1, 0.15) is 5.75 Å². The third kappa shape index (κ3) is 3.55. The molecule has 2 aromatic rings. The number of nitrogens with zero attached hydrogens (tertiary/aromatic N) is 1. The normalized spacial score (nSPS) is 10.2. The topological polar surface area (TPSA) is 45.0 Å². The molecule has 2 aromatic carbocycles. The maximum absolute atomic E-state index is 9.02. The van der Waals surface area contributed by atoms with Crippen molar-refractivity contribution < 1.29 is 4.74 Å². The molecule has 0 saturated heterocycles. The van der Waals surface area contributed by atoms with Gasteiger partial charge in [0.25, 0.3) is 0 Å². The Morgan fingerprint density at radius 2 is 1.95 bits per heavy atom. The van der Waals surface area contributed by atoms with Crippen LogP contribution >= 0.6 is 0 Å². The van der Waals surface area contributed by atoms with E-state index in [0.29, 0.717) is 18.0 Å². The van der Waals surface area contributed by atoms with Gasteiger partial charge in [0.15, 0.2) is 0 Å². The molecule has 3 heteroatoms. The summed E-state index contributed by atoms with van der Waals surface area (Å²) in [6.07, 6.45) is 0. The van der Waals surface area contributed by atoms with Gasteiger partial charge in [-0.3, -0.25) is 0 Å². The third-order valence-corrected chi connectivity index (χ3v) is 3.46. The number of nitriles is 1. The van der Waals surface area contributed by atoms with Crippen LogP contribution in [0.1, 0.15) is 36.5 Å². The first-order valence-electron chi connectivity index (χ1n) is 7.05. The molecular weight excluding hydrogens is 260 g/mol. The number of methoxy groups -OCH3 is 1. The largest absolute Gasteiger partial charge is 0.496 e. The molecule has 108 valence electrons.